The minimum Gasteiger partial charge on any atom is -0.481 e. The van der Waals surface area contributed by atoms with Gasteiger partial charge >= 0.3 is 12.0 Å². The maximum absolute atomic E-state index is 12.4. The van der Waals surface area contributed by atoms with Crippen LogP contribution in [0.2, 0.25) is 0 Å². The van der Waals surface area contributed by atoms with Crippen LogP contribution >= 0.6 is 0 Å². The molecule has 2 aliphatic heterocycles. The summed E-state index contributed by atoms with van der Waals surface area (Å²) in [6, 6.07) is 0.0838. The molecule has 0 aliphatic carbocycles. The molecule has 2 amide bonds. The van der Waals surface area contributed by atoms with Gasteiger partial charge in [-0.1, -0.05) is 6.08 Å². The smallest absolute Gasteiger partial charge is 0.320 e. The van der Waals surface area contributed by atoms with E-state index in [0.717, 1.165) is 25.9 Å². The van der Waals surface area contributed by atoms with E-state index in [1.165, 1.54) is 5.57 Å². The van der Waals surface area contributed by atoms with E-state index < -0.39 is 5.97 Å². The van der Waals surface area contributed by atoms with Crippen LogP contribution in [0.15, 0.2) is 11.6 Å². The molecule has 1 atom stereocenters. The molecular formula is C15H24N2O4. The van der Waals surface area contributed by atoms with Gasteiger partial charge in [-0.3, -0.25) is 4.79 Å². The summed E-state index contributed by atoms with van der Waals surface area (Å²) in [6.07, 6.45) is 4.72. The Hall–Kier alpha value is -1.56. The van der Waals surface area contributed by atoms with Crippen LogP contribution in [-0.2, 0) is 9.53 Å². The van der Waals surface area contributed by atoms with Crippen molar-refractivity contribution in [2.75, 3.05) is 39.9 Å². The highest BCUT2D eigenvalue weighted by Gasteiger charge is 2.29. The number of carboxylic acids is 1. The summed E-state index contributed by atoms with van der Waals surface area (Å²) < 4.78 is 5.11. The predicted octanol–water partition coefficient (Wildman–Crippen LogP) is 1.57. The first kappa shape index (κ1) is 15.8. The number of carbonyl (C=O) groups excluding carboxylic acids is 1. The van der Waals surface area contributed by atoms with Gasteiger partial charge in [-0.05, 0) is 30.8 Å². The number of nitrogens with zero attached hydrogens (tertiary/aromatic N) is 2. The van der Waals surface area contributed by atoms with Crippen LogP contribution in [0.25, 0.3) is 0 Å². The number of methoxy groups -OCH3 is 1. The van der Waals surface area contributed by atoms with Gasteiger partial charge in [-0.15, -0.1) is 0 Å². The van der Waals surface area contributed by atoms with Crippen LogP contribution in [0, 0.1) is 5.92 Å². The molecule has 1 saturated heterocycles. The molecule has 1 fully saturated rings. The number of ether oxygens (including phenoxy) is 1. The van der Waals surface area contributed by atoms with Gasteiger partial charge in [0, 0.05) is 39.7 Å². The molecule has 0 radical (unpaired) electrons. The Morgan fingerprint density at radius 2 is 2.19 bits per heavy atom. The van der Waals surface area contributed by atoms with Gasteiger partial charge in [0.1, 0.15) is 0 Å². The van der Waals surface area contributed by atoms with E-state index in [0.29, 0.717) is 32.0 Å². The van der Waals surface area contributed by atoms with Crippen molar-refractivity contribution < 1.29 is 19.4 Å². The average molecular weight is 296 g/mol. The fourth-order valence-electron chi connectivity index (χ4n) is 2.97. The van der Waals surface area contributed by atoms with Gasteiger partial charge in [0.25, 0.3) is 0 Å². The monoisotopic (exact) mass is 296 g/mol. The summed E-state index contributed by atoms with van der Waals surface area (Å²) in [5.74, 6) is -0.430. The fourth-order valence-corrected chi connectivity index (χ4v) is 2.97. The number of likely N-dealkylation sites (tertiary alicyclic amines) is 1. The topological polar surface area (TPSA) is 70.1 Å². The standard InChI is InChI=1S/C15H24N2O4/c1-21-11-13-5-7-16(8-6-13)15(20)17-9-4-12(10-17)2-3-14(18)19/h5,12H,2-4,6-11H2,1H3,(H,18,19). The number of carboxylic acid groups (broad SMARTS) is 1. The van der Waals surface area contributed by atoms with Crippen LogP contribution in [-0.4, -0.2) is 66.8 Å². The predicted molar refractivity (Wildman–Crippen MR) is 78.1 cm³/mol. The quantitative estimate of drug-likeness (QED) is 0.782. The molecular weight excluding hydrogens is 272 g/mol. The highest BCUT2D eigenvalue weighted by Crippen LogP contribution is 2.23. The molecule has 21 heavy (non-hydrogen) atoms. The van der Waals surface area contributed by atoms with Crippen molar-refractivity contribution in [3.8, 4) is 0 Å². The molecule has 118 valence electrons. The maximum atomic E-state index is 12.4. The lowest BCUT2D eigenvalue weighted by molar-refractivity contribution is -0.137. The van der Waals surface area contributed by atoms with Gasteiger partial charge in [0.2, 0.25) is 0 Å². The van der Waals surface area contributed by atoms with E-state index in [2.05, 4.69) is 6.08 Å². The number of urea groups is 1. The molecule has 0 aromatic rings. The Balaban J connectivity index is 1.78. The molecule has 1 N–H and O–H groups in total. The van der Waals surface area contributed by atoms with Gasteiger partial charge in [0.15, 0.2) is 0 Å². The summed E-state index contributed by atoms with van der Waals surface area (Å²) in [6.45, 7) is 3.46. The normalized spacial score (nSPS) is 22.3. The molecule has 0 spiro atoms. The number of hydrogen-bond acceptors (Lipinski definition) is 3. The van der Waals surface area contributed by atoms with Crippen LogP contribution in [0.1, 0.15) is 25.7 Å². The van der Waals surface area contributed by atoms with Crippen molar-refractivity contribution >= 4 is 12.0 Å². The highest BCUT2D eigenvalue weighted by molar-refractivity contribution is 5.75. The molecule has 6 nitrogen and oxygen atoms in total. The molecule has 2 rings (SSSR count). The van der Waals surface area contributed by atoms with Crippen molar-refractivity contribution in [2.24, 2.45) is 5.92 Å². The van der Waals surface area contributed by atoms with Gasteiger partial charge in [-0.25, -0.2) is 4.79 Å². The van der Waals surface area contributed by atoms with Crippen LogP contribution in [0.3, 0.4) is 0 Å². The van der Waals surface area contributed by atoms with E-state index in [1.54, 1.807) is 7.11 Å². The van der Waals surface area contributed by atoms with Gasteiger partial charge in [-0.2, -0.15) is 0 Å². The number of carbonyl (C=O) groups is 2. The van der Waals surface area contributed by atoms with Crippen LogP contribution in [0.5, 0.6) is 0 Å². The second-order valence-corrected chi connectivity index (χ2v) is 5.81. The zero-order valence-corrected chi connectivity index (χ0v) is 12.6. The van der Waals surface area contributed by atoms with E-state index in [9.17, 15) is 9.59 Å². The molecule has 1 unspecified atom stereocenters. The number of hydrogen-bond donors (Lipinski definition) is 1. The van der Waals surface area contributed by atoms with Gasteiger partial charge < -0.3 is 19.6 Å². The molecule has 0 bridgehead atoms. The Morgan fingerprint density at radius 1 is 1.38 bits per heavy atom. The molecule has 0 saturated carbocycles. The summed E-state index contributed by atoms with van der Waals surface area (Å²) in [5.41, 5.74) is 1.25. The van der Waals surface area contributed by atoms with Crippen LogP contribution < -0.4 is 0 Å². The fraction of sp³-hybridized carbons (Fsp3) is 0.733. The Labute approximate surface area is 125 Å². The van der Waals surface area contributed by atoms with E-state index in [1.807, 2.05) is 9.80 Å². The summed E-state index contributed by atoms with van der Waals surface area (Å²) >= 11 is 0. The Kier molecular flexibility index (Phi) is 5.61. The van der Waals surface area contributed by atoms with Gasteiger partial charge in [0.05, 0.1) is 6.61 Å². The van der Waals surface area contributed by atoms with Crippen molar-refractivity contribution in [1.29, 1.82) is 0 Å². The third-order valence-electron chi connectivity index (χ3n) is 4.23. The molecule has 6 heteroatoms. The SMILES string of the molecule is COCC1=CCN(C(=O)N2CCC(CCC(=O)O)C2)CC1. The van der Waals surface area contributed by atoms with Crippen molar-refractivity contribution in [3.63, 3.8) is 0 Å². The minimum atomic E-state index is -0.758. The summed E-state index contributed by atoms with van der Waals surface area (Å²) in [5, 5.41) is 8.72. The maximum Gasteiger partial charge on any atom is 0.320 e. The van der Waals surface area contributed by atoms with E-state index in [-0.39, 0.29) is 12.5 Å². The molecule has 0 aromatic heterocycles. The zero-order valence-electron chi connectivity index (χ0n) is 12.6. The average Bonchev–Trinajstić information content (AvgIpc) is 2.94. The first-order valence-electron chi connectivity index (χ1n) is 7.52. The Bertz CT molecular complexity index is 422. The summed E-state index contributed by atoms with van der Waals surface area (Å²) in [4.78, 5) is 26.7. The minimum absolute atomic E-state index is 0.0838. The summed E-state index contributed by atoms with van der Waals surface area (Å²) in [7, 11) is 1.68. The lowest BCUT2D eigenvalue weighted by Crippen LogP contribution is -2.44. The van der Waals surface area contributed by atoms with Crippen molar-refractivity contribution in [2.45, 2.75) is 25.7 Å². The Morgan fingerprint density at radius 3 is 2.81 bits per heavy atom. The van der Waals surface area contributed by atoms with E-state index in [4.69, 9.17) is 9.84 Å². The highest BCUT2D eigenvalue weighted by atomic mass is 16.5. The first-order chi connectivity index (χ1) is 10.1. The zero-order chi connectivity index (χ0) is 15.2. The second kappa shape index (κ2) is 7.45. The molecule has 0 aromatic carbocycles. The van der Waals surface area contributed by atoms with Crippen LogP contribution in [0.4, 0.5) is 4.79 Å². The largest absolute Gasteiger partial charge is 0.481 e. The third-order valence-corrected chi connectivity index (χ3v) is 4.23. The lowest BCUT2D eigenvalue weighted by atomic mass is 10.0. The number of rotatable bonds is 5. The molecule has 2 heterocycles. The van der Waals surface area contributed by atoms with Crippen molar-refractivity contribution in [3.05, 3.63) is 11.6 Å². The molecule has 2 aliphatic rings. The van der Waals surface area contributed by atoms with Crippen molar-refractivity contribution in [1.82, 2.24) is 9.80 Å². The second-order valence-electron chi connectivity index (χ2n) is 5.81. The lowest BCUT2D eigenvalue weighted by Gasteiger charge is -2.30. The van der Waals surface area contributed by atoms with E-state index >= 15 is 0 Å². The third kappa shape index (κ3) is 4.46. The number of amides is 2. The number of aliphatic carboxylic acids is 1. The first-order valence-corrected chi connectivity index (χ1v) is 7.52.